The summed E-state index contributed by atoms with van der Waals surface area (Å²) in [4.78, 5) is 15.4. The molecule has 0 radical (unpaired) electrons. The second kappa shape index (κ2) is 8.64. The molecule has 1 amide bonds. The summed E-state index contributed by atoms with van der Waals surface area (Å²) in [5, 5.41) is 3.49. The number of rotatable bonds is 4. The Morgan fingerprint density at radius 3 is 2.59 bits per heavy atom. The fourth-order valence-corrected chi connectivity index (χ4v) is 4.54. The Kier molecular flexibility index (Phi) is 5.97. The lowest BCUT2D eigenvalue weighted by Crippen LogP contribution is -2.50. The predicted octanol–water partition coefficient (Wildman–Crippen LogP) is 3.85. The quantitative estimate of drug-likeness (QED) is 0.854. The van der Waals surface area contributed by atoms with Crippen LogP contribution in [-0.2, 0) is 16.0 Å². The summed E-state index contributed by atoms with van der Waals surface area (Å²) in [5.41, 5.74) is 3.30. The van der Waals surface area contributed by atoms with Crippen LogP contribution in [0.15, 0.2) is 48.5 Å². The maximum absolute atomic E-state index is 13.5. The molecule has 1 N–H and O–H groups in total. The third-order valence-electron chi connectivity index (χ3n) is 5.87. The molecular weight excluding hydrogens is 367 g/mol. The fourth-order valence-electron chi connectivity index (χ4n) is 4.54. The first kappa shape index (κ1) is 20.0. The Balaban J connectivity index is 1.57. The molecule has 2 aromatic rings. The summed E-state index contributed by atoms with van der Waals surface area (Å²) < 4.78 is 19.5. The molecule has 154 valence electrons. The number of halogens is 1. The van der Waals surface area contributed by atoms with Crippen LogP contribution in [0.5, 0.6) is 0 Å². The van der Waals surface area contributed by atoms with Crippen molar-refractivity contribution in [1.82, 2.24) is 10.2 Å². The van der Waals surface area contributed by atoms with Gasteiger partial charge in [-0.15, -0.1) is 0 Å². The molecule has 0 spiro atoms. The van der Waals surface area contributed by atoms with E-state index in [1.165, 1.54) is 17.7 Å². The maximum atomic E-state index is 13.5. The van der Waals surface area contributed by atoms with Crippen LogP contribution in [0.4, 0.5) is 4.39 Å². The molecule has 4 nitrogen and oxygen atoms in total. The molecule has 0 aromatic heterocycles. The number of nitrogens with one attached hydrogen (secondary N) is 1. The summed E-state index contributed by atoms with van der Waals surface area (Å²) in [7, 11) is 0. The molecule has 1 saturated heterocycles. The Hall–Kier alpha value is -2.24. The maximum Gasteiger partial charge on any atom is 0.252 e. The molecule has 0 bridgehead atoms. The second-order valence-corrected chi connectivity index (χ2v) is 8.35. The van der Waals surface area contributed by atoms with Gasteiger partial charge >= 0.3 is 0 Å². The highest BCUT2D eigenvalue weighted by molar-refractivity contribution is 5.82. The molecule has 4 rings (SSSR count). The van der Waals surface area contributed by atoms with Gasteiger partial charge < -0.3 is 15.0 Å². The normalized spacial score (nSPS) is 24.4. The number of ether oxygens (including phenoxy) is 1. The van der Waals surface area contributed by atoms with Crippen molar-refractivity contribution in [1.29, 1.82) is 0 Å². The first-order valence-corrected chi connectivity index (χ1v) is 10.5. The standard InChI is InChI=1S/C24H29FN2O2/c1-16(2)26-20-11-12-22(29-15-20)24(28)27-14-13-17-5-3-4-6-21(17)23(27)18-7-9-19(25)10-8-18/h3-10,16,20,22-23,26H,11-15H2,1-2H3/t20?,22-,23+/m1/s1. The Morgan fingerprint density at radius 2 is 1.90 bits per heavy atom. The number of amides is 1. The summed E-state index contributed by atoms with van der Waals surface area (Å²) in [5.74, 6) is -0.230. The van der Waals surface area contributed by atoms with Crippen molar-refractivity contribution in [3.63, 3.8) is 0 Å². The number of benzene rings is 2. The van der Waals surface area contributed by atoms with Gasteiger partial charge in [0.1, 0.15) is 11.9 Å². The lowest BCUT2D eigenvalue weighted by Gasteiger charge is -2.40. The van der Waals surface area contributed by atoms with E-state index in [0.29, 0.717) is 25.2 Å². The van der Waals surface area contributed by atoms with Gasteiger partial charge in [0.15, 0.2) is 0 Å². The van der Waals surface area contributed by atoms with Gasteiger partial charge in [0.05, 0.1) is 12.6 Å². The van der Waals surface area contributed by atoms with E-state index in [1.54, 1.807) is 12.1 Å². The molecule has 0 saturated carbocycles. The van der Waals surface area contributed by atoms with Crippen LogP contribution in [0.1, 0.15) is 49.4 Å². The molecule has 2 aliphatic rings. The summed E-state index contributed by atoms with van der Waals surface area (Å²) in [6, 6.07) is 15.2. The highest BCUT2D eigenvalue weighted by Crippen LogP contribution is 2.36. The largest absolute Gasteiger partial charge is 0.367 e. The van der Waals surface area contributed by atoms with Gasteiger partial charge in [-0.25, -0.2) is 4.39 Å². The Morgan fingerprint density at radius 1 is 1.14 bits per heavy atom. The van der Waals surface area contributed by atoms with E-state index in [4.69, 9.17) is 4.74 Å². The van der Waals surface area contributed by atoms with E-state index in [2.05, 4.69) is 31.3 Å². The van der Waals surface area contributed by atoms with Crippen molar-refractivity contribution in [2.24, 2.45) is 0 Å². The van der Waals surface area contributed by atoms with E-state index >= 15 is 0 Å². The number of hydrogen-bond acceptors (Lipinski definition) is 3. The SMILES string of the molecule is CC(C)NC1CC[C@H](C(=O)N2CCc3ccccc3[C@@H]2c2ccc(F)cc2)OC1. The summed E-state index contributed by atoms with van der Waals surface area (Å²) in [6.07, 6.45) is 2.06. The van der Waals surface area contributed by atoms with Gasteiger partial charge in [0.25, 0.3) is 5.91 Å². The third-order valence-corrected chi connectivity index (χ3v) is 5.87. The van der Waals surface area contributed by atoms with Crippen LogP contribution in [0.25, 0.3) is 0 Å². The minimum absolute atomic E-state index is 0.0387. The number of carbonyl (C=O) groups is 1. The zero-order valence-corrected chi connectivity index (χ0v) is 17.1. The number of hydrogen-bond donors (Lipinski definition) is 1. The number of fused-ring (bicyclic) bond motifs is 1. The van der Waals surface area contributed by atoms with Gasteiger partial charge in [-0.1, -0.05) is 50.2 Å². The molecule has 1 unspecified atom stereocenters. The third kappa shape index (κ3) is 4.36. The first-order chi connectivity index (χ1) is 14.0. The van der Waals surface area contributed by atoms with Gasteiger partial charge in [0.2, 0.25) is 0 Å². The first-order valence-electron chi connectivity index (χ1n) is 10.5. The highest BCUT2D eigenvalue weighted by atomic mass is 19.1. The topological polar surface area (TPSA) is 41.6 Å². The minimum atomic E-state index is -0.409. The zero-order chi connectivity index (χ0) is 20.4. The molecule has 0 aliphatic carbocycles. The van der Waals surface area contributed by atoms with E-state index < -0.39 is 6.10 Å². The Bertz CT molecular complexity index is 844. The fraction of sp³-hybridized carbons (Fsp3) is 0.458. The van der Waals surface area contributed by atoms with Crippen LogP contribution in [0.3, 0.4) is 0 Å². The molecule has 2 heterocycles. The Labute approximate surface area is 172 Å². The average molecular weight is 397 g/mol. The summed E-state index contributed by atoms with van der Waals surface area (Å²) >= 11 is 0. The van der Waals surface area contributed by atoms with Gasteiger partial charge in [-0.2, -0.15) is 0 Å². The van der Waals surface area contributed by atoms with Crippen LogP contribution >= 0.6 is 0 Å². The smallest absolute Gasteiger partial charge is 0.252 e. The number of nitrogens with zero attached hydrogens (tertiary/aromatic N) is 1. The van der Waals surface area contributed by atoms with Crippen LogP contribution in [0, 0.1) is 5.82 Å². The molecule has 5 heteroatoms. The lowest BCUT2D eigenvalue weighted by molar-refractivity contribution is -0.149. The zero-order valence-electron chi connectivity index (χ0n) is 17.1. The van der Waals surface area contributed by atoms with Crippen molar-refractivity contribution in [3.05, 3.63) is 71.0 Å². The minimum Gasteiger partial charge on any atom is -0.367 e. The van der Waals surface area contributed by atoms with E-state index in [0.717, 1.165) is 30.4 Å². The average Bonchev–Trinajstić information content (AvgIpc) is 2.73. The van der Waals surface area contributed by atoms with Crippen LogP contribution < -0.4 is 5.32 Å². The molecule has 1 fully saturated rings. The van der Waals surface area contributed by atoms with E-state index in [9.17, 15) is 9.18 Å². The van der Waals surface area contributed by atoms with Crippen molar-refractivity contribution in [2.75, 3.05) is 13.2 Å². The van der Waals surface area contributed by atoms with E-state index in [1.807, 2.05) is 17.0 Å². The van der Waals surface area contributed by atoms with Crippen molar-refractivity contribution in [3.8, 4) is 0 Å². The molecular formula is C24H29FN2O2. The highest BCUT2D eigenvalue weighted by Gasteiger charge is 2.37. The van der Waals surface area contributed by atoms with Gasteiger partial charge in [-0.05, 0) is 48.1 Å². The molecule has 2 aliphatic heterocycles. The molecule has 2 aromatic carbocycles. The van der Waals surface area contributed by atoms with Crippen molar-refractivity contribution in [2.45, 2.75) is 57.3 Å². The number of carbonyl (C=O) groups excluding carboxylic acids is 1. The van der Waals surface area contributed by atoms with Gasteiger partial charge in [-0.3, -0.25) is 4.79 Å². The molecule has 29 heavy (non-hydrogen) atoms. The monoisotopic (exact) mass is 396 g/mol. The molecule has 3 atom stereocenters. The van der Waals surface area contributed by atoms with Gasteiger partial charge in [0, 0.05) is 18.6 Å². The van der Waals surface area contributed by atoms with Crippen LogP contribution in [-0.4, -0.2) is 42.1 Å². The van der Waals surface area contributed by atoms with Crippen molar-refractivity contribution >= 4 is 5.91 Å². The second-order valence-electron chi connectivity index (χ2n) is 8.35. The van der Waals surface area contributed by atoms with Crippen molar-refractivity contribution < 1.29 is 13.9 Å². The lowest BCUT2D eigenvalue weighted by atomic mass is 9.87. The summed E-state index contributed by atoms with van der Waals surface area (Å²) in [6.45, 7) is 5.44. The predicted molar refractivity (Wildman–Crippen MR) is 111 cm³/mol. The van der Waals surface area contributed by atoms with Crippen LogP contribution in [0.2, 0.25) is 0 Å². The van der Waals surface area contributed by atoms with E-state index in [-0.39, 0.29) is 17.8 Å².